The van der Waals surface area contributed by atoms with Crippen LogP contribution in [0.5, 0.6) is 0 Å². The standard InChI is InChI=1S/C14H23N3O3/c1-7-16(14(5,6)12(19)20)10-11(18)17(9-8-15-10)13(2,3)4/h8-9H,7H2,1-6H3,(H,19,20). The second-order valence-electron chi connectivity index (χ2n) is 6.21. The molecule has 0 aliphatic rings. The summed E-state index contributed by atoms with van der Waals surface area (Å²) >= 11 is 0. The van der Waals surface area contributed by atoms with Crippen molar-refractivity contribution in [3.05, 3.63) is 22.7 Å². The molecule has 0 fully saturated rings. The van der Waals surface area contributed by atoms with Crippen LogP contribution in [0, 0.1) is 0 Å². The number of aliphatic carboxylic acids is 1. The average Bonchev–Trinajstić information content (AvgIpc) is 2.30. The van der Waals surface area contributed by atoms with E-state index in [1.165, 1.54) is 11.1 Å². The van der Waals surface area contributed by atoms with Crippen LogP contribution in [0.3, 0.4) is 0 Å². The maximum atomic E-state index is 12.6. The van der Waals surface area contributed by atoms with Gasteiger partial charge in [0.2, 0.25) is 0 Å². The van der Waals surface area contributed by atoms with E-state index in [-0.39, 0.29) is 16.9 Å². The minimum Gasteiger partial charge on any atom is -0.480 e. The predicted molar refractivity (Wildman–Crippen MR) is 78.2 cm³/mol. The van der Waals surface area contributed by atoms with E-state index in [1.54, 1.807) is 31.5 Å². The molecule has 0 spiro atoms. The Bertz CT molecular complexity index is 556. The molecular formula is C14H23N3O3. The van der Waals surface area contributed by atoms with Gasteiger partial charge in [-0.2, -0.15) is 0 Å². The third kappa shape index (κ3) is 2.84. The van der Waals surface area contributed by atoms with Gasteiger partial charge in [0, 0.05) is 24.5 Å². The Hall–Kier alpha value is -1.85. The van der Waals surface area contributed by atoms with Crippen molar-refractivity contribution in [2.45, 2.75) is 52.6 Å². The summed E-state index contributed by atoms with van der Waals surface area (Å²) in [7, 11) is 0. The van der Waals surface area contributed by atoms with Gasteiger partial charge in [0.15, 0.2) is 5.82 Å². The van der Waals surface area contributed by atoms with Gasteiger partial charge in [0.1, 0.15) is 5.54 Å². The Morgan fingerprint density at radius 3 is 2.30 bits per heavy atom. The highest BCUT2D eigenvalue weighted by atomic mass is 16.4. The lowest BCUT2D eigenvalue weighted by Crippen LogP contribution is -2.53. The third-order valence-corrected chi connectivity index (χ3v) is 3.32. The quantitative estimate of drug-likeness (QED) is 0.909. The van der Waals surface area contributed by atoms with Crippen molar-refractivity contribution < 1.29 is 9.90 Å². The van der Waals surface area contributed by atoms with E-state index < -0.39 is 11.5 Å². The van der Waals surface area contributed by atoms with Crippen LogP contribution in [0.2, 0.25) is 0 Å². The first-order valence-corrected chi connectivity index (χ1v) is 6.62. The summed E-state index contributed by atoms with van der Waals surface area (Å²) in [4.78, 5) is 29.6. The molecular weight excluding hydrogens is 258 g/mol. The monoisotopic (exact) mass is 281 g/mol. The Labute approximate surface area is 119 Å². The second-order valence-corrected chi connectivity index (χ2v) is 6.21. The van der Waals surface area contributed by atoms with Gasteiger partial charge in [-0.15, -0.1) is 0 Å². The van der Waals surface area contributed by atoms with Gasteiger partial charge < -0.3 is 14.6 Å². The normalized spacial score (nSPS) is 12.3. The second kappa shape index (κ2) is 5.26. The number of hydrogen-bond acceptors (Lipinski definition) is 4. The molecule has 20 heavy (non-hydrogen) atoms. The highest BCUT2D eigenvalue weighted by Crippen LogP contribution is 2.20. The van der Waals surface area contributed by atoms with E-state index in [1.807, 2.05) is 20.8 Å². The van der Waals surface area contributed by atoms with Crippen LogP contribution in [0.1, 0.15) is 41.5 Å². The van der Waals surface area contributed by atoms with E-state index in [4.69, 9.17) is 0 Å². The zero-order chi connectivity index (χ0) is 15.7. The first-order chi connectivity index (χ1) is 9.03. The first kappa shape index (κ1) is 16.2. The summed E-state index contributed by atoms with van der Waals surface area (Å²) in [5.74, 6) is -0.830. The molecule has 0 unspecified atom stereocenters. The van der Waals surface area contributed by atoms with E-state index in [0.29, 0.717) is 6.54 Å². The fourth-order valence-electron chi connectivity index (χ4n) is 2.04. The molecule has 0 aliphatic carbocycles. The number of aromatic nitrogens is 2. The molecule has 1 aromatic rings. The highest BCUT2D eigenvalue weighted by molar-refractivity contribution is 5.82. The Balaban J connectivity index is 3.47. The van der Waals surface area contributed by atoms with Crippen molar-refractivity contribution in [1.29, 1.82) is 0 Å². The molecule has 0 atom stereocenters. The summed E-state index contributed by atoms with van der Waals surface area (Å²) in [5.41, 5.74) is -1.87. The molecule has 0 radical (unpaired) electrons. The van der Waals surface area contributed by atoms with Gasteiger partial charge >= 0.3 is 5.97 Å². The Kier molecular flexibility index (Phi) is 4.27. The number of anilines is 1. The lowest BCUT2D eigenvalue weighted by atomic mass is 10.0. The zero-order valence-corrected chi connectivity index (χ0v) is 13.0. The van der Waals surface area contributed by atoms with E-state index in [0.717, 1.165) is 0 Å². The SMILES string of the molecule is CCN(c1nccn(C(C)(C)C)c1=O)C(C)(C)C(=O)O. The maximum Gasteiger partial charge on any atom is 0.329 e. The Morgan fingerprint density at radius 2 is 1.90 bits per heavy atom. The number of likely N-dealkylation sites (N-methyl/N-ethyl adjacent to an activating group) is 1. The molecule has 1 N–H and O–H groups in total. The molecule has 0 amide bonds. The summed E-state index contributed by atoms with van der Waals surface area (Å²) in [6, 6.07) is 0. The van der Waals surface area contributed by atoms with E-state index >= 15 is 0 Å². The van der Waals surface area contributed by atoms with Crippen molar-refractivity contribution >= 4 is 11.8 Å². The predicted octanol–water partition coefficient (Wildman–Crippen LogP) is 1.69. The van der Waals surface area contributed by atoms with Gasteiger partial charge in [-0.25, -0.2) is 9.78 Å². The van der Waals surface area contributed by atoms with Crippen molar-refractivity contribution in [2.24, 2.45) is 0 Å². The Morgan fingerprint density at radius 1 is 1.35 bits per heavy atom. The van der Waals surface area contributed by atoms with E-state index in [2.05, 4.69) is 4.98 Å². The highest BCUT2D eigenvalue weighted by Gasteiger charge is 2.36. The summed E-state index contributed by atoms with van der Waals surface area (Å²) in [6.07, 6.45) is 3.15. The van der Waals surface area contributed by atoms with Crippen molar-refractivity contribution in [1.82, 2.24) is 9.55 Å². The number of carboxylic acids is 1. The lowest BCUT2D eigenvalue weighted by molar-refractivity contribution is -0.142. The van der Waals surface area contributed by atoms with Gasteiger partial charge in [-0.1, -0.05) is 0 Å². The molecule has 6 nitrogen and oxygen atoms in total. The molecule has 0 saturated carbocycles. The van der Waals surface area contributed by atoms with Crippen molar-refractivity contribution in [3.63, 3.8) is 0 Å². The molecule has 0 aromatic carbocycles. The molecule has 1 heterocycles. The van der Waals surface area contributed by atoms with E-state index in [9.17, 15) is 14.7 Å². The van der Waals surface area contributed by atoms with Gasteiger partial charge in [-0.05, 0) is 41.5 Å². The minimum absolute atomic E-state index is 0.164. The molecule has 1 rings (SSSR count). The molecule has 1 aromatic heterocycles. The van der Waals surface area contributed by atoms with Crippen LogP contribution < -0.4 is 10.5 Å². The number of hydrogen-bond donors (Lipinski definition) is 1. The van der Waals surface area contributed by atoms with Crippen LogP contribution >= 0.6 is 0 Å². The summed E-state index contributed by atoms with van der Waals surface area (Å²) in [5, 5.41) is 9.35. The van der Waals surface area contributed by atoms with Crippen LogP contribution in [0.4, 0.5) is 5.82 Å². The van der Waals surface area contributed by atoms with Crippen molar-refractivity contribution in [3.8, 4) is 0 Å². The molecule has 6 heteroatoms. The van der Waals surface area contributed by atoms with Gasteiger partial charge in [0.25, 0.3) is 5.56 Å². The molecule has 112 valence electrons. The minimum atomic E-state index is -1.20. The zero-order valence-electron chi connectivity index (χ0n) is 13.0. The largest absolute Gasteiger partial charge is 0.480 e. The fourth-order valence-corrected chi connectivity index (χ4v) is 2.04. The average molecular weight is 281 g/mol. The molecule has 0 aliphatic heterocycles. The first-order valence-electron chi connectivity index (χ1n) is 6.62. The number of nitrogens with zero attached hydrogens (tertiary/aromatic N) is 3. The third-order valence-electron chi connectivity index (χ3n) is 3.32. The van der Waals surface area contributed by atoms with Gasteiger partial charge in [-0.3, -0.25) is 4.79 Å². The lowest BCUT2D eigenvalue weighted by Gasteiger charge is -2.35. The maximum absolute atomic E-state index is 12.6. The molecule has 0 bridgehead atoms. The van der Waals surface area contributed by atoms with Crippen LogP contribution in [0.15, 0.2) is 17.2 Å². The topological polar surface area (TPSA) is 75.4 Å². The molecule has 0 saturated heterocycles. The van der Waals surface area contributed by atoms with Crippen LogP contribution in [-0.4, -0.2) is 32.7 Å². The van der Waals surface area contributed by atoms with Gasteiger partial charge in [0.05, 0.1) is 0 Å². The summed E-state index contributed by atoms with van der Waals surface area (Å²) < 4.78 is 1.57. The summed E-state index contributed by atoms with van der Waals surface area (Å²) in [6.45, 7) is 11.1. The van der Waals surface area contributed by atoms with Crippen LogP contribution in [0.25, 0.3) is 0 Å². The number of carboxylic acid groups (broad SMARTS) is 1. The van der Waals surface area contributed by atoms with Crippen molar-refractivity contribution in [2.75, 3.05) is 11.4 Å². The smallest absolute Gasteiger partial charge is 0.329 e. The number of carbonyl (C=O) groups is 1. The fraction of sp³-hybridized carbons (Fsp3) is 0.643. The van der Waals surface area contributed by atoms with Crippen LogP contribution in [-0.2, 0) is 10.3 Å². The number of rotatable bonds is 4.